The van der Waals surface area contributed by atoms with Crippen LogP contribution in [0.3, 0.4) is 0 Å². The second-order valence-corrected chi connectivity index (χ2v) is 4.08. The zero-order valence-electron chi connectivity index (χ0n) is 9.67. The third kappa shape index (κ3) is 2.02. The summed E-state index contributed by atoms with van der Waals surface area (Å²) in [6.07, 6.45) is 0.494. The van der Waals surface area contributed by atoms with Crippen molar-refractivity contribution in [3.63, 3.8) is 0 Å². The number of rotatable bonds is 2. The Labute approximate surface area is 104 Å². The smallest absolute Gasteiger partial charge is 0.358 e. The van der Waals surface area contributed by atoms with Gasteiger partial charge in [0.05, 0.1) is 0 Å². The third-order valence-corrected chi connectivity index (χ3v) is 2.77. The van der Waals surface area contributed by atoms with Crippen molar-refractivity contribution in [2.45, 2.75) is 6.42 Å². The zero-order chi connectivity index (χ0) is 12.4. The Morgan fingerprint density at radius 2 is 1.67 bits per heavy atom. The summed E-state index contributed by atoms with van der Waals surface area (Å²) in [5.41, 5.74) is 2.37. The number of para-hydroxylation sites is 2. The van der Waals surface area contributed by atoms with Crippen LogP contribution in [0.4, 0.5) is 0 Å². The van der Waals surface area contributed by atoms with Crippen LogP contribution in [0, 0.1) is 0 Å². The Morgan fingerprint density at radius 1 is 0.944 bits per heavy atom. The standard InChI is InChI=1S/C15H11NO2/c17-15-13(10-11-6-2-1-3-7-11)16-12-8-4-5-9-14(12)18-15/h1-9H,10H2. The Bertz CT molecular complexity index is 732. The lowest BCUT2D eigenvalue weighted by Gasteiger charge is -2.01. The Morgan fingerprint density at radius 3 is 2.50 bits per heavy atom. The molecule has 3 nitrogen and oxygen atoms in total. The van der Waals surface area contributed by atoms with Gasteiger partial charge in [-0.3, -0.25) is 0 Å². The lowest BCUT2D eigenvalue weighted by Crippen LogP contribution is -2.10. The van der Waals surface area contributed by atoms with Crippen LogP contribution in [0.15, 0.2) is 63.8 Å². The molecule has 1 aromatic heterocycles. The van der Waals surface area contributed by atoms with E-state index in [2.05, 4.69) is 4.98 Å². The van der Waals surface area contributed by atoms with Crippen molar-refractivity contribution < 1.29 is 4.42 Å². The first-order valence-electron chi connectivity index (χ1n) is 5.75. The molecule has 88 valence electrons. The van der Waals surface area contributed by atoms with Crippen molar-refractivity contribution in [3.05, 3.63) is 76.3 Å². The highest BCUT2D eigenvalue weighted by Gasteiger charge is 2.07. The first-order valence-corrected chi connectivity index (χ1v) is 5.75. The van der Waals surface area contributed by atoms with Crippen LogP contribution in [0.25, 0.3) is 11.1 Å². The molecule has 0 saturated heterocycles. The predicted octanol–water partition coefficient (Wildman–Crippen LogP) is 2.78. The number of hydrogen-bond donors (Lipinski definition) is 0. The fraction of sp³-hybridized carbons (Fsp3) is 0.0667. The average Bonchev–Trinajstić information content (AvgIpc) is 2.41. The minimum atomic E-state index is -0.363. The Hall–Kier alpha value is -2.42. The van der Waals surface area contributed by atoms with E-state index in [0.717, 1.165) is 5.56 Å². The topological polar surface area (TPSA) is 43.1 Å². The zero-order valence-corrected chi connectivity index (χ0v) is 9.67. The molecule has 1 heterocycles. The summed E-state index contributed by atoms with van der Waals surface area (Å²) in [6.45, 7) is 0. The highest BCUT2D eigenvalue weighted by Crippen LogP contribution is 2.11. The molecule has 3 aromatic rings. The molecule has 0 saturated carbocycles. The van der Waals surface area contributed by atoms with Gasteiger partial charge in [0.2, 0.25) is 0 Å². The van der Waals surface area contributed by atoms with Crippen LogP contribution in [0.2, 0.25) is 0 Å². The summed E-state index contributed by atoms with van der Waals surface area (Å²) in [4.78, 5) is 16.2. The molecule has 0 aliphatic carbocycles. The van der Waals surface area contributed by atoms with Gasteiger partial charge in [-0.1, -0.05) is 42.5 Å². The van der Waals surface area contributed by atoms with Gasteiger partial charge in [0.1, 0.15) is 11.2 Å². The van der Waals surface area contributed by atoms with E-state index in [1.807, 2.05) is 48.5 Å². The highest BCUT2D eigenvalue weighted by atomic mass is 16.4. The van der Waals surface area contributed by atoms with E-state index in [0.29, 0.717) is 23.2 Å². The van der Waals surface area contributed by atoms with Gasteiger partial charge in [0.15, 0.2) is 5.58 Å². The van der Waals surface area contributed by atoms with E-state index in [4.69, 9.17) is 4.42 Å². The SMILES string of the molecule is O=c1oc2ccccc2nc1Cc1ccccc1. The lowest BCUT2D eigenvalue weighted by atomic mass is 10.1. The van der Waals surface area contributed by atoms with Crippen molar-refractivity contribution in [1.29, 1.82) is 0 Å². The second kappa shape index (κ2) is 4.45. The largest absolute Gasteiger partial charge is 0.420 e. The Kier molecular flexibility index (Phi) is 2.65. The molecule has 0 unspecified atom stereocenters. The molecule has 0 fully saturated rings. The molecule has 3 heteroatoms. The maximum absolute atomic E-state index is 11.8. The highest BCUT2D eigenvalue weighted by molar-refractivity contribution is 5.71. The lowest BCUT2D eigenvalue weighted by molar-refractivity contribution is 0.544. The molecule has 0 aliphatic heterocycles. The number of nitrogens with zero attached hydrogens (tertiary/aromatic N) is 1. The van der Waals surface area contributed by atoms with Crippen molar-refractivity contribution in [1.82, 2.24) is 4.98 Å². The van der Waals surface area contributed by atoms with Crippen LogP contribution in [-0.4, -0.2) is 4.98 Å². The molecule has 0 amide bonds. The molecular formula is C15H11NO2. The number of aromatic nitrogens is 1. The third-order valence-electron chi connectivity index (χ3n) is 2.77. The Balaban J connectivity index is 2.07. The van der Waals surface area contributed by atoms with Gasteiger partial charge in [-0.2, -0.15) is 0 Å². The minimum Gasteiger partial charge on any atom is -0.420 e. The monoisotopic (exact) mass is 237 g/mol. The summed E-state index contributed by atoms with van der Waals surface area (Å²) in [7, 11) is 0. The first kappa shape index (κ1) is 10.7. The van der Waals surface area contributed by atoms with Gasteiger partial charge < -0.3 is 4.42 Å². The van der Waals surface area contributed by atoms with Crippen LogP contribution >= 0.6 is 0 Å². The summed E-state index contributed by atoms with van der Waals surface area (Å²) in [5.74, 6) is 0. The molecule has 0 radical (unpaired) electrons. The molecule has 0 atom stereocenters. The maximum Gasteiger partial charge on any atom is 0.358 e. The average molecular weight is 237 g/mol. The molecule has 0 N–H and O–H groups in total. The fourth-order valence-corrected chi connectivity index (χ4v) is 1.89. The molecule has 0 bridgehead atoms. The van der Waals surface area contributed by atoms with E-state index in [9.17, 15) is 4.79 Å². The number of fused-ring (bicyclic) bond motifs is 1. The molecular weight excluding hydrogens is 226 g/mol. The summed E-state index contributed by atoms with van der Waals surface area (Å²) in [5, 5.41) is 0. The molecule has 0 aliphatic rings. The normalized spacial score (nSPS) is 10.7. The summed E-state index contributed by atoms with van der Waals surface area (Å²) >= 11 is 0. The van der Waals surface area contributed by atoms with Gasteiger partial charge in [0.25, 0.3) is 0 Å². The van der Waals surface area contributed by atoms with Gasteiger partial charge in [-0.25, -0.2) is 9.78 Å². The predicted molar refractivity (Wildman–Crippen MR) is 69.5 cm³/mol. The van der Waals surface area contributed by atoms with E-state index in [1.165, 1.54) is 0 Å². The van der Waals surface area contributed by atoms with Gasteiger partial charge >= 0.3 is 5.63 Å². The molecule has 2 aromatic carbocycles. The van der Waals surface area contributed by atoms with E-state index in [-0.39, 0.29) is 5.63 Å². The second-order valence-electron chi connectivity index (χ2n) is 4.08. The van der Waals surface area contributed by atoms with E-state index in [1.54, 1.807) is 6.07 Å². The number of hydrogen-bond acceptors (Lipinski definition) is 3. The molecule has 0 spiro atoms. The van der Waals surface area contributed by atoms with Gasteiger partial charge in [-0.05, 0) is 17.7 Å². The minimum absolute atomic E-state index is 0.363. The molecule has 18 heavy (non-hydrogen) atoms. The van der Waals surface area contributed by atoms with Crippen LogP contribution < -0.4 is 5.63 Å². The fourth-order valence-electron chi connectivity index (χ4n) is 1.89. The van der Waals surface area contributed by atoms with Crippen molar-refractivity contribution in [2.75, 3.05) is 0 Å². The van der Waals surface area contributed by atoms with Crippen molar-refractivity contribution in [3.8, 4) is 0 Å². The van der Waals surface area contributed by atoms with E-state index >= 15 is 0 Å². The summed E-state index contributed by atoms with van der Waals surface area (Å²) < 4.78 is 5.25. The van der Waals surface area contributed by atoms with Crippen LogP contribution in [0.1, 0.15) is 11.3 Å². The van der Waals surface area contributed by atoms with Crippen molar-refractivity contribution >= 4 is 11.1 Å². The van der Waals surface area contributed by atoms with Crippen LogP contribution in [-0.2, 0) is 6.42 Å². The van der Waals surface area contributed by atoms with E-state index < -0.39 is 0 Å². The first-order chi connectivity index (χ1) is 8.83. The summed E-state index contributed by atoms with van der Waals surface area (Å²) in [6, 6.07) is 17.1. The van der Waals surface area contributed by atoms with Gasteiger partial charge in [0, 0.05) is 6.42 Å². The number of benzene rings is 2. The quantitative estimate of drug-likeness (QED) is 0.688. The van der Waals surface area contributed by atoms with Gasteiger partial charge in [-0.15, -0.1) is 0 Å². The molecule has 3 rings (SSSR count). The maximum atomic E-state index is 11.8. The van der Waals surface area contributed by atoms with Crippen molar-refractivity contribution in [2.24, 2.45) is 0 Å². The van der Waals surface area contributed by atoms with Crippen LogP contribution in [0.5, 0.6) is 0 Å².